The molecule has 0 unspecified atom stereocenters. The minimum Gasteiger partial charge on any atom is -1.00 e. The second-order valence-electron chi connectivity index (χ2n) is 3.52. The number of aromatic amines is 1. The molecule has 1 aliphatic rings. The molecule has 0 atom stereocenters. The number of carbonyl (C=O) groups excluding carboxylic acids is 2. The van der Waals surface area contributed by atoms with Gasteiger partial charge in [-0.25, -0.2) is 9.97 Å². The Bertz CT molecular complexity index is 570. The van der Waals surface area contributed by atoms with E-state index in [0.717, 1.165) is 0 Å². The van der Waals surface area contributed by atoms with E-state index >= 15 is 0 Å². The Labute approximate surface area is 107 Å². The number of halogens is 1. The van der Waals surface area contributed by atoms with E-state index in [2.05, 4.69) is 9.97 Å². The lowest BCUT2D eigenvalue weighted by Gasteiger charge is -2.10. The number of nitrogens with zero attached hydrogens (tertiary/aromatic N) is 1. The largest absolute Gasteiger partial charge is 1.00 e. The summed E-state index contributed by atoms with van der Waals surface area (Å²) in [5, 5.41) is 0. The van der Waals surface area contributed by atoms with E-state index < -0.39 is 11.6 Å². The van der Waals surface area contributed by atoms with Crippen molar-refractivity contribution in [1.29, 1.82) is 0 Å². The maximum absolute atomic E-state index is 11.8. The van der Waals surface area contributed by atoms with Crippen molar-refractivity contribution in [3.8, 4) is 11.4 Å². The Kier molecular flexibility index (Phi) is 2.85. The lowest BCUT2D eigenvalue weighted by Crippen LogP contribution is -3.00. The molecule has 17 heavy (non-hydrogen) atoms. The van der Waals surface area contributed by atoms with E-state index in [1.807, 2.05) is 0 Å². The molecule has 1 aliphatic carbocycles. The maximum atomic E-state index is 11.8. The maximum Gasteiger partial charge on any atom is 0.241 e. The fraction of sp³-hybridized carbons (Fsp3) is 0. The monoisotopic (exact) mass is 290 g/mol. The third kappa shape index (κ3) is 1.59. The summed E-state index contributed by atoms with van der Waals surface area (Å²) in [5.74, 6) is -0.970. The minimum absolute atomic E-state index is 0. The lowest BCUT2D eigenvalue weighted by molar-refractivity contribution is -0.365. The zero-order valence-electron chi connectivity index (χ0n) is 8.61. The van der Waals surface area contributed by atoms with Crippen LogP contribution in [0.3, 0.4) is 0 Å². The zero-order chi connectivity index (χ0) is 11.1. The minimum atomic E-state index is -0.491. The third-order valence-electron chi connectivity index (χ3n) is 2.60. The first-order valence-electron chi connectivity index (χ1n) is 4.84. The topological polar surface area (TPSA) is 61.2 Å². The van der Waals surface area contributed by atoms with Gasteiger partial charge in [-0.05, 0) is 18.2 Å². The average molecular weight is 291 g/mol. The molecular weight excluding hydrogens is 284 g/mol. The number of Topliss-reactive ketones (excluding diaryl/α,β-unsaturated/α-hetero) is 2. The molecule has 2 heterocycles. The Balaban J connectivity index is 0.00000108. The molecule has 0 bridgehead atoms. The molecule has 0 aromatic carbocycles. The Morgan fingerprint density at radius 1 is 1.00 bits per heavy atom. The van der Waals surface area contributed by atoms with Gasteiger partial charge in [-0.15, -0.1) is 0 Å². The van der Waals surface area contributed by atoms with Gasteiger partial charge < -0.3 is 17.0 Å². The Morgan fingerprint density at radius 2 is 1.71 bits per heavy atom. The highest BCUT2D eigenvalue weighted by molar-refractivity contribution is 6.52. The molecule has 4 nitrogen and oxygen atoms in total. The second kappa shape index (κ2) is 4.18. The molecule has 0 saturated carbocycles. The smallest absolute Gasteiger partial charge is 0.241 e. The van der Waals surface area contributed by atoms with Crippen molar-refractivity contribution in [2.24, 2.45) is 0 Å². The van der Waals surface area contributed by atoms with E-state index in [0.29, 0.717) is 22.5 Å². The fourth-order valence-corrected chi connectivity index (χ4v) is 1.85. The van der Waals surface area contributed by atoms with E-state index in [-0.39, 0.29) is 17.0 Å². The Morgan fingerprint density at radius 3 is 2.53 bits per heavy atom. The summed E-state index contributed by atoms with van der Waals surface area (Å²) in [5.41, 5.74) is 1.91. The number of ketones is 2. The van der Waals surface area contributed by atoms with Gasteiger partial charge in [0, 0.05) is 12.3 Å². The molecule has 1 N–H and O–H groups in total. The highest BCUT2D eigenvalue weighted by Crippen LogP contribution is 2.27. The van der Waals surface area contributed by atoms with E-state index in [4.69, 9.17) is 0 Å². The van der Waals surface area contributed by atoms with Gasteiger partial charge >= 0.3 is 0 Å². The molecule has 0 amide bonds. The number of nitrogens with one attached hydrogen (secondary N) is 1. The molecule has 0 spiro atoms. The van der Waals surface area contributed by atoms with Gasteiger partial charge in [-0.2, -0.15) is 0 Å². The van der Waals surface area contributed by atoms with Crippen LogP contribution in [0.4, 0.5) is 0 Å². The highest BCUT2D eigenvalue weighted by atomic mass is 79.9. The second-order valence-corrected chi connectivity index (χ2v) is 3.52. The first-order chi connectivity index (χ1) is 7.79. The average Bonchev–Trinajstić information content (AvgIpc) is 2.36. The summed E-state index contributed by atoms with van der Waals surface area (Å²) in [7, 11) is 0. The number of rotatable bonds is 0. The number of fused-ring (bicyclic) bond motifs is 3. The molecule has 0 fully saturated rings. The van der Waals surface area contributed by atoms with Crippen LogP contribution in [0, 0.1) is 0 Å². The van der Waals surface area contributed by atoms with Crippen molar-refractivity contribution in [2.75, 3.05) is 0 Å². The first kappa shape index (κ1) is 11.6. The number of carbonyl (C=O) groups is 2. The van der Waals surface area contributed by atoms with Crippen LogP contribution in [0.5, 0.6) is 0 Å². The molecular formula is C12H7BrN2O2. The summed E-state index contributed by atoms with van der Waals surface area (Å²) in [6, 6.07) is 6.59. The molecule has 2 aromatic heterocycles. The van der Waals surface area contributed by atoms with Crippen LogP contribution in [0.2, 0.25) is 0 Å². The third-order valence-corrected chi connectivity index (χ3v) is 2.60. The van der Waals surface area contributed by atoms with Gasteiger partial charge in [0.2, 0.25) is 17.3 Å². The van der Waals surface area contributed by atoms with Crippen molar-refractivity contribution in [1.82, 2.24) is 4.98 Å². The molecule has 0 saturated heterocycles. The number of H-pyrrole nitrogens is 1. The van der Waals surface area contributed by atoms with Crippen molar-refractivity contribution < 1.29 is 31.6 Å². The summed E-state index contributed by atoms with van der Waals surface area (Å²) in [4.78, 5) is 30.7. The van der Waals surface area contributed by atoms with Gasteiger partial charge in [0.15, 0.2) is 6.20 Å². The zero-order valence-corrected chi connectivity index (χ0v) is 10.2. The standard InChI is InChI=1S/C12H6N2O2.BrH/c15-11-7-3-1-5-13-9(7)10-8(12(11)16)4-2-6-14-10;/h1-6H;1H. The number of aromatic nitrogens is 2. The predicted octanol–water partition coefficient (Wildman–Crippen LogP) is -2.05. The SMILES string of the molecule is O=C1C(=O)c2ccc[nH+]c2-c2ncccc21.[Br-]. The summed E-state index contributed by atoms with van der Waals surface area (Å²) >= 11 is 0. The first-order valence-corrected chi connectivity index (χ1v) is 4.84. The molecule has 0 aliphatic heterocycles. The van der Waals surface area contributed by atoms with Gasteiger partial charge in [-0.1, -0.05) is 0 Å². The van der Waals surface area contributed by atoms with E-state index in [9.17, 15) is 9.59 Å². The van der Waals surface area contributed by atoms with Crippen molar-refractivity contribution in [3.05, 3.63) is 47.8 Å². The van der Waals surface area contributed by atoms with Gasteiger partial charge in [-0.3, -0.25) is 9.59 Å². The van der Waals surface area contributed by atoms with Crippen molar-refractivity contribution in [3.63, 3.8) is 0 Å². The van der Waals surface area contributed by atoms with Crippen molar-refractivity contribution in [2.45, 2.75) is 0 Å². The van der Waals surface area contributed by atoms with Crippen LogP contribution in [0.25, 0.3) is 11.4 Å². The normalized spacial score (nSPS) is 12.5. The highest BCUT2D eigenvalue weighted by Gasteiger charge is 2.34. The molecule has 5 heteroatoms. The van der Waals surface area contributed by atoms with Crippen LogP contribution in [-0.4, -0.2) is 16.6 Å². The molecule has 2 aromatic rings. The molecule has 0 radical (unpaired) electrons. The van der Waals surface area contributed by atoms with Crippen molar-refractivity contribution >= 4 is 11.6 Å². The van der Waals surface area contributed by atoms with Gasteiger partial charge in [0.1, 0.15) is 11.3 Å². The molecule has 3 rings (SSSR count). The van der Waals surface area contributed by atoms with Crippen LogP contribution in [-0.2, 0) is 0 Å². The van der Waals surface area contributed by atoms with Crippen LogP contribution >= 0.6 is 0 Å². The summed E-state index contributed by atoms with van der Waals surface area (Å²) in [6.45, 7) is 0. The van der Waals surface area contributed by atoms with Gasteiger partial charge in [0.05, 0.1) is 5.56 Å². The number of hydrogen-bond donors (Lipinski definition) is 0. The predicted molar refractivity (Wildman–Crippen MR) is 54.9 cm³/mol. The molecule has 84 valence electrons. The van der Waals surface area contributed by atoms with Gasteiger partial charge in [0.25, 0.3) is 0 Å². The summed E-state index contributed by atoms with van der Waals surface area (Å²) < 4.78 is 0. The lowest BCUT2D eigenvalue weighted by atomic mass is 9.91. The van der Waals surface area contributed by atoms with Crippen LogP contribution in [0.15, 0.2) is 36.7 Å². The quantitative estimate of drug-likeness (QED) is 0.525. The fourth-order valence-electron chi connectivity index (χ4n) is 1.85. The van der Waals surface area contributed by atoms with E-state index in [1.54, 1.807) is 36.7 Å². The van der Waals surface area contributed by atoms with E-state index in [1.165, 1.54) is 0 Å². The number of hydrogen-bond acceptors (Lipinski definition) is 3. The van der Waals surface area contributed by atoms with Crippen LogP contribution < -0.4 is 22.0 Å². The number of pyridine rings is 2. The Hall–Kier alpha value is -1.88. The van der Waals surface area contributed by atoms with Crippen LogP contribution in [0.1, 0.15) is 20.7 Å². The summed E-state index contributed by atoms with van der Waals surface area (Å²) in [6.07, 6.45) is 3.31.